The van der Waals surface area contributed by atoms with Gasteiger partial charge in [0.25, 0.3) is 0 Å². The van der Waals surface area contributed by atoms with Crippen LogP contribution in [0.1, 0.15) is 20.3 Å². The Kier molecular flexibility index (Phi) is 7.12. The number of anilines is 2. The van der Waals surface area contributed by atoms with Crippen molar-refractivity contribution in [3.63, 3.8) is 0 Å². The minimum Gasteiger partial charge on any atom is -0.484 e. The van der Waals surface area contributed by atoms with Crippen LogP contribution >= 0.6 is 0 Å². The van der Waals surface area contributed by atoms with Crippen LogP contribution < -0.4 is 19.3 Å². The molecule has 0 radical (unpaired) electrons. The van der Waals surface area contributed by atoms with E-state index < -0.39 is 35.9 Å². The molecule has 0 spiro atoms. The van der Waals surface area contributed by atoms with Crippen LogP contribution in [-0.2, 0) is 10.8 Å². The zero-order valence-corrected chi connectivity index (χ0v) is 19.5. The van der Waals surface area contributed by atoms with Gasteiger partial charge in [0.2, 0.25) is 11.8 Å². The summed E-state index contributed by atoms with van der Waals surface area (Å²) in [5, 5.41) is 11.0. The highest BCUT2D eigenvalue weighted by atomic mass is 32.2. The van der Waals surface area contributed by atoms with E-state index in [-0.39, 0.29) is 16.4 Å². The minimum absolute atomic E-state index is 0.124. The average Bonchev–Trinajstić information content (AvgIpc) is 3.12. The van der Waals surface area contributed by atoms with E-state index in [0.29, 0.717) is 43.4 Å². The highest BCUT2D eigenvalue weighted by Crippen LogP contribution is 2.29. The predicted octanol–water partition coefficient (Wildman–Crippen LogP) is 2.13. The Hall–Kier alpha value is -2.67. The highest BCUT2D eigenvalue weighted by Gasteiger charge is 2.36. The summed E-state index contributed by atoms with van der Waals surface area (Å²) in [4.78, 5) is 16.3. The molecule has 0 amide bonds. The molecular formula is C21H26F3N5O4S. The van der Waals surface area contributed by atoms with E-state index in [0.717, 1.165) is 0 Å². The molecule has 0 aromatic carbocycles. The van der Waals surface area contributed by atoms with Gasteiger partial charge in [0.05, 0.1) is 29.5 Å². The van der Waals surface area contributed by atoms with Crippen molar-refractivity contribution in [1.29, 1.82) is 0 Å². The fourth-order valence-electron chi connectivity index (χ4n) is 3.76. The summed E-state index contributed by atoms with van der Waals surface area (Å²) in [7, 11) is -0.872. The molecule has 2 aromatic heterocycles. The SMILES string of the molecule is CC(C)S(=O)C1CN(c2ncc(N3CC[C@@H](Oc4ccc(OCC(F)(F)F)nc4)C3O)cn2)C1. The summed E-state index contributed by atoms with van der Waals surface area (Å²) in [5.41, 5.74) is 0.638. The number of hydrogen-bond acceptors (Lipinski definition) is 9. The van der Waals surface area contributed by atoms with Gasteiger partial charge >= 0.3 is 6.18 Å². The van der Waals surface area contributed by atoms with Gasteiger partial charge in [-0.05, 0) is 6.07 Å². The van der Waals surface area contributed by atoms with Gasteiger partial charge in [-0.2, -0.15) is 13.2 Å². The van der Waals surface area contributed by atoms with Gasteiger partial charge in [0, 0.05) is 48.2 Å². The molecule has 2 saturated heterocycles. The monoisotopic (exact) mass is 501 g/mol. The summed E-state index contributed by atoms with van der Waals surface area (Å²) in [6, 6.07) is 2.72. The lowest BCUT2D eigenvalue weighted by Gasteiger charge is -2.39. The molecule has 186 valence electrons. The van der Waals surface area contributed by atoms with E-state index in [1.807, 2.05) is 18.7 Å². The lowest BCUT2D eigenvalue weighted by atomic mass is 10.2. The van der Waals surface area contributed by atoms with Crippen LogP contribution in [0.15, 0.2) is 30.7 Å². The Morgan fingerprint density at radius 2 is 1.88 bits per heavy atom. The standard InChI is InChI=1S/C21H26F3N5O4S/c1-13(2)34(31)16-10-28(11-16)20-26-7-14(8-27-20)29-6-5-17(19(29)30)33-15-3-4-18(25-9-15)32-12-21(22,23)24/h3-4,7-9,13,16-17,19,30H,5-6,10-12H2,1-2H3/t17-,19?,34?/m1/s1. The van der Waals surface area contributed by atoms with Gasteiger partial charge in [0.1, 0.15) is 11.9 Å². The van der Waals surface area contributed by atoms with Crippen LogP contribution in [0.4, 0.5) is 24.8 Å². The lowest BCUT2D eigenvalue weighted by molar-refractivity contribution is -0.154. The molecule has 0 bridgehead atoms. The van der Waals surface area contributed by atoms with E-state index >= 15 is 0 Å². The van der Waals surface area contributed by atoms with Gasteiger partial charge in [-0.3, -0.25) is 4.21 Å². The molecule has 2 fully saturated rings. The maximum atomic E-state index is 12.2. The van der Waals surface area contributed by atoms with Crippen molar-refractivity contribution in [2.75, 3.05) is 36.0 Å². The third kappa shape index (κ3) is 5.69. The number of alkyl halides is 3. The first-order valence-corrected chi connectivity index (χ1v) is 12.1. The second-order valence-corrected chi connectivity index (χ2v) is 10.7. The number of pyridine rings is 1. The third-order valence-electron chi connectivity index (χ3n) is 5.57. The topological polar surface area (TPSA) is 101 Å². The van der Waals surface area contributed by atoms with Gasteiger partial charge in [0.15, 0.2) is 12.8 Å². The summed E-state index contributed by atoms with van der Waals surface area (Å²) < 4.78 is 59.2. The average molecular weight is 502 g/mol. The Balaban J connectivity index is 1.29. The first-order chi connectivity index (χ1) is 16.1. The van der Waals surface area contributed by atoms with Crippen LogP contribution in [0.3, 0.4) is 0 Å². The number of rotatable bonds is 8. The number of halogens is 3. The third-order valence-corrected chi connectivity index (χ3v) is 7.45. The van der Waals surface area contributed by atoms with Crippen LogP contribution in [0, 0.1) is 0 Å². The molecule has 2 unspecified atom stereocenters. The Labute approximate surface area is 197 Å². The van der Waals surface area contributed by atoms with Crippen molar-refractivity contribution in [2.24, 2.45) is 0 Å². The number of aliphatic hydroxyl groups excluding tert-OH is 1. The predicted molar refractivity (Wildman–Crippen MR) is 119 cm³/mol. The molecule has 1 N–H and O–H groups in total. The summed E-state index contributed by atoms with van der Waals surface area (Å²) in [6.07, 6.45) is -0.926. The van der Waals surface area contributed by atoms with E-state index in [2.05, 4.69) is 19.7 Å². The van der Waals surface area contributed by atoms with Crippen molar-refractivity contribution in [2.45, 2.75) is 49.3 Å². The summed E-state index contributed by atoms with van der Waals surface area (Å²) in [6.45, 7) is 4.28. The number of ether oxygens (including phenoxy) is 2. The molecule has 9 nitrogen and oxygen atoms in total. The largest absolute Gasteiger partial charge is 0.484 e. The Bertz CT molecular complexity index is 987. The van der Waals surface area contributed by atoms with E-state index in [1.54, 1.807) is 17.3 Å². The van der Waals surface area contributed by atoms with Gasteiger partial charge in [-0.1, -0.05) is 13.8 Å². The van der Waals surface area contributed by atoms with E-state index in [9.17, 15) is 22.5 Å². The molecule has 2 aromatic rings. The van der Waals surface area contributed by atoms with Crippen molar-refractivity contribution in [3.8, 4) is 11.6 Å². The molecule has 13 heteroatoms. The number of nitrogens with zero attached hydrogens (tertiary/aromatic N) is 5. The number of aromatic nitrogens is 3. The van der Waals surface area contributed by atoms with Crippen molar-refractivity contribution in [1.82, 2.24) is 15.0 Å². The molecule has 34 heavy (non-hydrogen) atoms. The van der Waals surface area contributed by atoms with Crippen molar-refractivity contribution in [3.05, 3.63) is 30.7 Å². The second kappa shape index (κ2) is 9.90. The quantitative estimate of drug-likeness (QED) is 0.583. The van der Waals surface area contributed by atoms with Gasteiger partial charge in [-0.25, -0.2) is 15.0 Å². The zero-order valence-electron chi connectivity index (χ0n) is 18.7. The molecule has 0 saturated carbocycles. The Morgan fingerprint density at radius 3 is 2.47 bits per heavy atom. The number of hydrogen-bond donors (Lipinski definition) is 1. The maximum absolute atomic E-state index is 12.2. The molecule has 2 aliphatic rings. The fourth-order valence-corrected chi connectivity index (χ4v) is 5.19. The fraction of sp³-hybridized carbons (Fsp3) is 0.571. The zero-order chi connectivity index (χ0) is 24.5. The van der Waals surface area contributed by atoms with E-state index in [4.69, 9.17) is 4.74 Å². The van der Waals surface area contributed by atoms with Crippen LogP contribution in [0.25, 0.3) is 0 Å². The second-order valence-electron chi connectivity index (χ2n) is 8.43. The van der Waals surface area contributed by atoms with Crippen LogP contribution in [0.5, 0.6) is 11.6 Å². The van der Waals surface area contributed by atoms with Gasteiger partial charge < -0.3 is 24.4 Å². The van der Waals surface area contributed by atoms with Crippen LogP contribution in [0.2, 0.25) is 0 Å². The molecule has 0 aliphatic carbocycles. The molecule has 3 atom stereocenters. The van der Waals surface area contributed by atoms with Crippen molar-refractivity contribution >= 4 is 22.4 Å². The minimum atomic E-state index is -4.44. The molecule has 4 heterocycles. The first kappa shape index (κ1) is 24.5. The maximum Gasteiger partial charge on any atom is 0.422 e. The van der Waals surface area contributed by atoms with Crippen molar-refractivity contribution < 1.29 is 32.0 Å². The highest BCUT2D eigenvalue weighted by molar-refractivity contribution is 7.86. The smallest absolute Gasteiger partial charge is 0.422 e. The van der Waals surface area contributed by atoms with E-state index in [1.165, 1.54) is 18.3 Å². The summed E-state index contributed by atoms with van der Waals surface area (Å²) >= 11 is 0. The Morgan fingerprint density at radius 1 is 1.18 bits per heavy atom. The molecule has 2 aliphatic heterocycles. The molecular weight excluding hydrogens is 475 g/mol. The normalized spacial score (nSPS) is 22.1. The van der Waals surface area contributed by atoms with Gasteiger partial charge in [-0.15, -0.1) is 0 Å². The summed E-state index contributed by atoms with van der Waals surface area (Å²) in [5.74, 6) is 0.698. The molecule has 4 rings (SSSR count). The first-order valence-electron chi connectivity index (χ1n) is 10.8. The number of aliphatic hydroxyl groups is 1. The van der Waals surface area contributed by atoms with Crippen LogP contribution in [-0.4, -0.2) is 79.5 Å². The lowest BCUT2D eigenvalue weighted by Crippen LogP contribution is -2.54.